The quantitative estimate of drug-likeness (QED) is 0.249. The fourth-order valence-corrected chi connectivity index (χ4v) is 5.64. The topological polar surface area (TPSA) is 89.7 Å². The number of pyridine rings is 1. The molecule has 1 unspecified atom stereocenters. The molecular formula is C32H33ClN4O4. The zero-order chi connectivity index (χ0) is 28.3. The van der Waals surface area contributed by atoms with Crippen LogP contribution in [0.3, 0.4) is 0 Å². The lowest BCUT2D eigenvalue weighted by Crippen LogP contribution is -2.33. The molecule has 1 atom stereocenters. The van der Waals surface area contributed by atoms with Gasteiger partial charge in [-0.05, 0) is 72.4 Å². The van der Waals surface area contributed by atoms with Crippen LogP contribution in [0.15, 0.2) is 60.7 Å². The minimum absolute atomic E-state index is 0.173. The SMILES string of the molecule is CCc1cc(Cl)ccc1COc1cccc(C2=CCN(Cc3nc4cc(C(=O)O)ccc4n3CC3CCO3)CC2)n1. The van der Waals surface area contributed by atoms with E-state index in [0.29, 0.717) is 24.5 Å². The van der Waals surface area contributed by atoms with Gasteiger partial charge in [0, 0.05) is 30.8 Å². The number of rotatable bonds is 10. The number of ether oxygens (including phenoxy) is 2. The van der Waals surface area contributed by atoms with E-state index in [1.807, 2.05) is 42.5 Å². The van der Waals surface area contributed by atoms with Gasteiger partial charge in [-0.3, -0.25) is 4.90 Å². The number of hydrogen-bond donors (Lipinski definition) is 1. The van der Waals surface area contributed by atoms with E-state index in [1.165, 1.54) is 11.1 Å². The van der Waals surface area contributed by atoms with Gasteiger partial charge in [0.2, 0.25) is 5.88 Å². The van der Waals surface area contributed by atoms with Crippen LogP contribution in [0.25, 0.3) is 16.6 Å². The van der Waals surface area contributed by atoms with E-state index < -0.39 is 5.97 Å². The van der Waals surface area contributed by atoms with Gasteiger partial charge < -0.3 is 19.1 Å². The maximum atomic E-state index is 11.5. The van der Waals surface area contributed by atoms with E-state index in [0.717, 1.165) is 73.1 Å². The Morgan fingerprint density at radius 1 is 1.15 bits per heavy atom. The summed E-state index contributed by atoms with van der Waals surface area (Å²) in [6, 6.07) is 17.0. The largest absolute Gasteiger partial charge is 0.478 e. The molecule has 0 aliphatic carbocycles. The molecule has 1 saturated heterocycles. The summed E-state index contributed by atoms with van der Waals surface area (Å²) in [4.78, 5) is 23.5. The molecule has 1 fully saturated rings. The van der Waals surface area contributed by atoms with Crippen molar-refractivity contribution in [2.75, 3.05) is 19.7 Å². The lowest BCUT2D eigenvalue weighted by atomic mass is 10.0. The van der Waals surface area contributed by atoms with Crippen LogP contribution in [0.1, 0.15) is 52.8 Å². The van der Waals surface area contributed by atoms with Crippen LogP contribution in [0.4, 0.5) is 0 Å². The maximum Gasteiger partial charge on any atom is 0.335 e. The van der Waals surface area contributed by atoms with Gasteiger partial charge in [0.25, 0.3) is 0 Å². The Balaban J connectivity index is 1.14. The molecule has 2 aliphatic rings. The molecule has 4 heterocycles. The first-order valence-corrected chi connectivity index (χ1v) is 14.5. The number of halogens is 1. The standard InChI is InChI=1S/C32H33ClN4O4/c1-2-21-16-25(33)8-6-24(21)20-41-31-5-3-4-27(35-31)22-10-13-36(14-11-22)19-30-34-28-17-23(32(38)39)7-9-29(28)37(30)18-26-12-15-40-26/h3-10,16-17,26H,2,11-15,18-20H2,1H3,(H,38,39). The fraction of sp³-hybridized carbons (Fsp3) is 0.344. The van der Waals surface area contributed by atoms with Crippen molar-refractivity contribution in [2.45, 2.75) is 52.0 Å². The molecule has 0 amide bonds. The molecule has 1 N–H and O–H groups in total. The summed E-state index contributed by atoms with van der Waals surface area (Å²) in [6.07, 6.45) is 5.19. The number of benzene rings is 2. The Hall–Kier alpha value is -3.72. The third-order valence-corrected chi connectivity index (χ3v) is 8.12. The van der Waals surface area contributed by atoms with Crippen LogP contribution in [0.5, 0.6) is 5.88 Å². The first-order valence-electron chi connectivity index (χ1n) is 14.1. The van der Waals surface area contributed by atoms with Crippen LogP contribution >= 0.6 is 11.6 Å². The van der Waals surface area contributed by atoms with Crippen molar-refractivity contribution in [2.24, 2.45) is 0 Å². The minimum Gasteiger partial charge on any atom is -0.478 e. The van der Waals surface area contributed by atoms with Crippen molar-refractivity contribution in [3.05, 3.63) is 93.9 Å². The summed E-state index contributed by atoms with van der Waals surface area (Å²) in [6.45, 7) is 6.38. The normalized spacial score (nSPS) is 17.3. The van der Waals surface area contributed by atoms with Gasteiger partial charge in [0.05, 0.1) is 41.5 Å². The first kappa shape index (κ1) is 27.4. The molecule has 4 aromatic rings. The molecule has 8 nitrogen and oxygen atoms in total. The highest BCUT2D eigenvalue weighted by Gasteiger charge is 2.24. The van der Waals surface area contributed by atoms with Crippen LogP contribution in [0, 0.1) is 0 Å². The third-order valence-electron chi connectivity index (χ3n) is 7.89. The van der Waals surface area contributed by atoms with E-state index in [9.17, 15) is 9.90 Å². The summed E-state index contributed by atoms with van der Waals surface area (Å²) in [5.74, 6) is 0.588. The highest BCUT2D eigenvalue weighted by molar-refractivity contribution is 6.30. The number of hydrogen-bond acceptors (Lipinski definition) is 6. The zero-order valence-corrected chi connectivity index (χ0v) is 23.8. The number of carboxylic acids is 1. The van der Waals surface area contributed by atoms with Gasteiger partial charge in [0.15, 0.2) is 0 Å². The number of imidazole rings is 1. The molecule has 9 heteroatoms. The van der Waals surface area contributed by atoms with Crippen LogP contribution < -0.4 is 4.74 Å². The van der Waals surface area contributed by atoms with Crippen molar-refractivity contribution < 1.29 is 19.4 Å². The number of aryl methyl sites for hydroxylation is 1. The molecule has 212 valence electrons. The second-order valence-corrected chi connectivity index (χ2v) is 11.0. The summed E-state index contributed by atoms with van der Waals surface area (Å²) in [7, 11) is 0. The Labute approximate surface area is 244 Å². The molecule has 0 bridgehead atoms. The maximum absolute atomic E-state index is 11.5. The zero-order valence-electron chi connectivity index (χ0n) is 23.1. The van der Waals surface area contributed by atoms with Gasteiger partial charge in [0.1, 0.15) is 12.4 Å². The van der Waals surface area contributed by atoms with Crippen molar-refractivity contribution >= 4 is 34.2 Å². The van der Waals surface area contributed by atoms with E-state index in [-0.39, 0.29) is 11.7 Å². The fourth-order valence-electron chi connectivity index (χ4n) is 5.45. The molecule has 2 aliphatic heterocycles. The average molecular weight is 573 g/mol. The summed E-state index contributed by atoms with van der Waals surface area (Å²) >= 11 is 6.15. The molecule has 0 spiro atoms. The van der Waals surface area contributed by atoms with Crippen molar-refractivity contribution in [1.29, 1.82) is 0 Å². The highest BCUT2D eigenvalue weighted by atomic mass is 35.5. The summed E-state index contributed by atoms with van der Waals surface area (Å²) in [5.41, 5.74) is 6.33. The number of nitrogens with zero attached hydrogens (tertiary/aromatic N) is 4. The third kappa shape index (κ3) is 6.15. The van der Waals surface area contributed by atoms with Gasteiger partial charge in [-0.25, -0.2) is 14.8 Å². The number of aromatic carboxylic acids is 1. The number of carbonyl (C=O) groups is 1. The lowest BCUT2D eigenvalue weighted by molar-refractivity contribution is -0.0591. The smallest absolute Gasteiger partial charge is 0.335 e. The average Bonchev–Trinajstić information content (AvgIpc) is 3.30. The van der Waals surface area contributed by atoms with E-state index in [4.69, 9.17) is 31.0 Å². The Morgan fingerprint density at radius 3 is 2.76 bits per heavy atom. The van der Waals surface area contributed by atoms with Gasteiger partial charge >= 0.3 is 5.97 Å². The monoisotopic (exact) mass is 572 g/mol. The first-order chi connectivity index (χ1) is 20.0. The summed E-state index contributed by atoms with van der Waals surface area (Å²) in [5, 5.41) is 10.2. The Kier molecular flexibility index (Phi) is 8.05. The Bertz CT molecular complexity index is 1610. The van der Waals surface area contributed by atoms with Crippen LogP contribution in [-0.4, -0.2) is 56.3 Å². The number of fused-ring (bicyclic) bond motifs is 1. The van der Waals surface area contributed by atoms with Crippen molar-refractivity contribution in [3.63, 3.8) is 0 Å². The second-order valence-electron chi connectivity index (χ2n) is 10.6. The van der Waals surface area contributed by atoms with Crippen molar-refractivity contribution in [1.82, 2.24) is 19.4 Å². The molecule has 2 aromatic carbocycles. The van der Waals surface area contributed by atoms with Crippen LogP contribution in [-0.2, 0) is 30.9 Å². The number of carboxylic acid groups (broad SMARTS) is 1. The predicted octanol–water partition coefficient (Wildman–Crippen LogP) is 6.00. The van der Waals surface area contributed by atoms with Gasteiger partial charge in [-0.1, -0.05) is 36.7 Å². The molecular weight excluding hydrogens is 540 g/mol. The summed E-state index contributed by atoms with van der Waals surface area (Å²) < 4.78 is 14.0. The second kappa shape index (κ2) is 12.0. The van der Waals surface area contributed by atoms with Gasteiger partial charge in [-0.2, -0.15) is 0 Å². The van der Waals surface area contributed by atoms with E-state index in [2.05, 4.69) is 22.5 Å². The molecule has 0 radical (unpaired) electrons. The number of aromatic nitrogens is 3. The van der Waals surface area contributed by atoms with E-state index in [1.54, 1.807) is 12.1 Å². The molecule has 2 aromatic heterocycles. The minimum atomic E-state index is -0.946. The van der Waals surface area contributed by atoms with Crippen molar-refractivity contribution in [3.8, 4) is 5.88 Å². The molecule has 0 saturated carbocycles. The van der Waals surface area contributed by atoms with E-state index >= 15 is 0 Å². The molecule has 6 rings (SSSR count). The predicted molar refractivity (Wildman–Crippen MR) is 158 cm³/mol. The van der Waals surface area contributed by atoms with Crippen LogP contribution in [0.2, 0.25) is 5.02 Å². The van der Waals surface area contributed by atoms with Gasteiger partial charge in [-0.15, -0.1) is 0 Å². The Morgan fingerprint density at radius 2 is 2.02 bits per heavy atom. The molecule has 41 heavy (non-hydrogen) atoms. The lowest BCUT2D eigenvalue weighted by Gasteiger charge is -2.29. The highest BCUT2D eigenvalue weighted by Crippen LogP contribution is 2.27.